The van der Waals surface area contributed by atoms with Crippen molar-refractivity contribution in [2.24, 2.45) is 7.05 Å². The highest BCUT2D eigenvalue weighted by molar-refractivity contribution is 6.33. The number of hydrogen-bond acceptors (Lipinski definition) is 2. The Morgan fingerprint density at radius 1 is 1.09 bits per heavy atom. The second kappa shape index (κ2) is 6.22. The van der Waals surface area contributed by atoms with E-state index in [2.05, 4.69) is 5.10 Å². The Labute approximate surface area is 143 Å². The van der Waals surface area contributed by atoms with Gasteiger partial charge in [-0.1, -0.05) is 35.3 Å². The van der Waals surface area contributed by atoms with Crippen molar-refractivity contribution in [2.75, 3.05) is 0 Å². The second-order valence-corrected chi connectivity index (χ2v) is 5.86. The van der Waals surface area contributed by atoms with Gasteiger partial charge in [-0.3, -0.25) is 0 Å². The van der Waals surface area contributed by atoms with Crippen molar-refractivity contribution in [1.82, 2.24) is 9.78 Å². The molecule has 0 saturated heterocycles. The number of nitrogens with zero attached hydrogens (tertiary/aromatic N) is 2. The van der Waals surface area contributed by atoms with E-state index in [1.807, 2.05) is 19.1 Å². The Morgan fingerprint density at radius 2 is 1.83 bits per heavy atom. The molecule has 2 aromatic carbocycles. The molecular weight excluding hydrogens is 338 g/mol. The Kier molecular flexibility index (Phi) is 4.28. The highest BCUT2D eigenvalue weighted by Gasteiger charge is 2.20. The average Bonchev–Trinajstić information content (AvgIpc) is 2.76. The maximum atomic E-state index is 13.3. The average molecular weight is 351 g/mol. The smallest absolute Gasteiger partial charge is 0.225 e. The number of ether oxygens (including phenoxy) is 1. The lowest BCUT2D eigenvalue weighted by Crippen LogP contribution is -1.96. The van der Waals surface area contributed by atoms with Gasteiger partial charge in [0.25, 0.3) is 0 Å². The molecule has 118 valence electrons. The molecule has 0 amide bonds. The molecular formula is C17H13Cl2FN2O. The summed E-state index contributed by atoms with van der Waals surface area (Å²) in [5.74, 6) is 0.606. The van der Waals surface area contributed by atoms with E-state index in [1.165, 1.54) is 12.1 Å². The number of para-hydroxylation sites is 1. The second-order valence-electron chi connectivity index (χ2n) is 5.05. The molecule has 0 aliphatic heterocycles. The predicted octanol–water partition coefficient (Wildman–Crippen LogP) is 5.63. The fraction of sp³-hybridized carbons (Fsp3) is 0.118. The molecule has 0 N–H and O–H groups in total. The topological polar surface area (TPSA) is 27.1 Å². The first-order valence-electron chi connectivity index (χ1n) is 6.89. The van der Waals surface area contributed by atoms with Crippen LogP contribution in [0.1, 0.15) is 5.69 Å². The Hall–Kier alpha value is -2.04. The summed E-state index contributed by atoms with van der Waals surface area (Å²) in [6, 6.07) is 11.4. The van der Waals surface area contributed by atoms with Gasteiger partial charge in [0.05, 0.1) is 21.3 Å². The van der Waals surface area contributed by atoms with E-state index in [4.69, 9.17) is 27.9 Å². The monoisotopic (exact) mass is 350 g/mol. The minimum Gasteiger partial charge on any atom is -0.437 e. The number of rotatable bonds is 3. The maximum absolute atomic E-state index is 13.3. The van der Waals surface area contributed by atoms with Gasteiger partial charge < -0.3 is 4.74 Å². The Morgan fingerprint density at radius 3 is 2.52 bits per heavy atom. The van der Waals surface area contributed by atoms with Crippen LogP contribution in [-0.4, -0.2) is 9.78 Å². The summed E-state index contributed by atoms with van der Waals surface area (Å²) in [5.41, 5.74) is 2.08. The van der Waals surface area contributed by atoms with E-state index in [1.54, 1.807) is 29.9 Å². The van der Waals surface area contributed by atoms with Crippen molar-refractivity contribution in [3.63, 3.8) is 0 Å². The van der Waals surface area contributed by atoms with Gasteiger partial charge in [-0.25, -0.2) is 9.07 Å². The van der Waals surface area contributed by atoms with Crippen molar-refractivity contribution in [2.45, 2.75) is 6.92 Å². The number of aryl methyl sites for hydroxylation is 2. The van der Waals surface area contributed by atoms with Crippen LogP contribution in [0.25, 0.3) is 11.1 Å². The zero-order valence-electron chi connectivity index (χ0n) is 12.5. The normalized spacial score (nSPS) is 10.8. The molecule has 1 aromatic heterocycles. The molecule has 0 unspecified atom stereocenters. The number of hydrogen-bond donors (Lipinski definition) is 0. The molecule has 0 spiro atoms. The van der Waals surface area contributed by atoms with Crippen molar-refractivity contribution in [3.8, 4) is 22.8 Å². The molecule has 23 heavy (non-hydrogen) atoms. The van der Waals surface area contributed by atoms with Crippen LogP contribution >= 0.6 is 23.2 Å². The SMILES string of the molecule is Cc1nn(C)c(Oc2ccccc2Cl)c1-c1ccc(F)cc1Cl. The third-order valence-corrected chi connectivity index (χ3v) is 4.04. The minimum atomic E-state index is -0.395. The van der Waals surface area contributed by atoms with Crippen LogP contribution in [0.3, 0.4) is 0 Å². The lowest BCUT2D eigenvalue weighted by Gasteiger charge is -2.11. The number of halogens is 3. The molecule has 1 heterocycles. The summed E-state index contributed by atoms with van der Waals surface area (Å²) in [6.07, 6.45) is 0. The molecule has 3 aromatic rings. The van der Waals surface area contributed by atoms with Gasteiger partial charge in [0, 0.05) is 12.6 Å². The van der Waals surface area contributed by atoms with Gasteiger partial charge in [-0.05, 0) is 37.3 Å². The van der Waals surface area contributed by atoms with E-state index in [9.17, 15) is 4.39 Å². The van der Waals surface area contributed by atoms with Crippen molar-refractivity contribution < 1.29 is 9.13 Å². The molecule has 0 atom stereocenters. The number of benzene rings is 2. The molecule has 6 heteroatoms. The van der Waals surface area contributed by atoms with Gasteiger partial charge in [0.15, 0.2) is 0 Å². The molecule has 3 nitrogen and oxygen atoms in total. The van der Waals surface area contributed by atoms with Crippen LogP contribution in [0.15, 0.2) is 42.5 Å². The first-order chi connectivity index (χ1) is 11.0. The highest BCUT2D eigenvalue weighted by atomic mass is 35.5. The molecule has 0 aliphatic carbocycles. The summed E-state index contributed by atoms with van der Waals surface area (Å²) < 4.78 is 20.9. The van der Waals surface area contributed by atoms with Gasteiger partial charge in [-0.15, -0.1) is 0 Å². The van der Waals surface area contributed by atoms with Crippen LogP contribution in [0.5, 0.6) is 11.6 Å². The standard InChI is InChI=1S/C17H13Cl2FN2O/c1-10-16(12-8-7-11(20)9-14(12)19)17(22(2)21-10)23-15-6-4-3-5-13(15)18/h3-9H,1-2H3. The minimum absolute atomic E-state index is 0.296. The fourth-order valence-electron chi connectivity index (χ4n) is 2.39. The zero-order chi connectivity index (χ0) is 16.6. The summed E-state index contributed by atoms with van der Waals surface area (Å²) in [4.78, 5) is 0. The van der Waals surface area contributed by atoms with Crippen molar-refractivity contribution in [3.05, 3.63) is 64.0 Å². The van der Waals surface area contributed by atoms with Gasteiger partial charge in [0.1, 0.15) is 11.6 Å². The van der Waals surface area contributed by atoms with Crippen molar-refractivity contribution in [1.29, 1.82) is 0 Å². The van der Waals surface area contributed by atoms with Gasteiger partial charge in [0.2, 0.25) is 5.88 Å². The predicted molar refractivity (Wildman–Crippen MR) is 89.9 cm³/mol. The largest absolute Gasteiger partial charge is 0.437 e. The maximum Gasteiger partial charge on any atom is 0.225 e. The summed E-state index contributed by atoms with van der Waals surface area (Å²) in [6.45, 7) is 1.84. The number of aromatic nitrogens is 2. The van der Waals surface area contributed by atoms with E-state index in [0.29, 0.717) is 32.8 Å². The molecule has 0 fully saturated rings. The van der Waals surface area contributed by atoms with Crippen LogP contribution in [0.4, 0.5) is 4.39 Å². The molecule has 0 aliphatic rings. The fourth-order valence-corrected chi connectivity index (χ4v) is 2.82. The summed E-state index contributed by atoms with van der Waals surface area (Å²) in [5, 5.41) is 5.16. The molecule has 0 radical (unpaired) electrons. The Balaban J connectivity index is 2.13. The molecule has 0 bridgehead atoms. The van der Waals surface area contributed by atoms with Crippen LogP contribution < -0.4 is 4.74 Å². The van der Waals surface area contributed by atoms with Crippen LogP contribution in [0.2, 0.25) is 10.0 Å². The third-order valence-electron chi connectivity index (χ3n) is 3.41. The van der Waals surface area contributed by atoms with Crippen LogP contribution in [-0.2, 0) is 7.05 Å². The quantitative estimate of drug-likeness (QED) is 0.611. The molecule has 0 saturated carbocycles. The van der Waals surface area contributed by atoms with Crippen molar-refractivity contribution >= 4 is 23.2 Å². The zero-order valence-corrected chi connectivity index (χ0v) is 14.0. The first kappa shape index (κ1) is 15.8. The lowest BCUT2D eigenvalue weighted by atomic mass is 10.1. The van der Waals surface area contributed by atoms with E-state index in [-0.39, 0.29) is 0 Å². The highest BCUT2D eigenvalue weighted by Crippen LogP contribution is 2.40. The van der Waals surface area contributed by atoms with E-state index >= 15 is 0 Å². The summed E-state index contributed by atoms with van der Waals surface area (Å²) in [7, 11) is 1.76. The lowest BCUT2D eigenvalue weighted by molar-refractivity contribution is 0.432. The Bertz CT molecular complexity index is 877. The van der Waals surface area contributed by atoms with Crippen LogP contribution in [0, 0.1) is 12.7 Å². The summed E-state index contributed by atoms with van der Waals surface area (Å²) >= 11 is 12.3. The third kappa shape index (κ3) is 3.05. The van der Waals surface area contributed by atoms with Gasteiger partial charge >= 0.3 is 0 Å². The first-order valence-corrected chi connectivity index (χ1v) is 7.64. The van der Waals surface area contributed by atoms with E-state index < -0.39 is 5.82 Å². The van der Waals surface area contributed by atoms with E-state index in [0.717, 1.165) is 5.69 Å². The van der Waals surface area contributed by atoms with Gasteiger partial charge in [-0.2, -0.15) is 5.10 Å². The molecule has 3 rings (SSSR count).